The fourth-order valence-electron chi connectivity index (χ4n) is 7.15. The standard InChI is InChI=1S/C38H48O2Si2/c1-37(2,3)41(33-19-11-7-12-20-33,34-21-13-8-14-22-34)39-31-27-29-32(30-28-31)40-42(38(4,5)6,35-23-15-9-16-24-35)36-25-17-10-18-26-36/h7-26,31-32H,27-30H2,1-6H3. The van der Waals surface area contributed by atoms with Crippen molar-refractivity contribution in [2.24, 2.45) is 0 Å². The largest absolute Gasteiger partial charge is 0.404 e. The Bertz CT molecular complexity index is 1200. The first-order valence-electron chi connectivity index (χ1n) is 15.7. The van der Waals surface area contributed by atoms with E-state index in [-0.39, 0.29) is 22.3 Å². The van der Waals surface area contributed by atoms with Gasteiger partial charge in [-0.3, -0.25) is 0 Å². The summed E-state index contributed by atoms with van der Waals surface area (Å²) in [5.74, 6) is 0. The molecule has 0 aliphatic heterocycles. The van der Waals surface area contributed by atoms with Gasteiger partial charge in [0.05, 0.1) is 0 Å². The average molecular weight is 593 g/mol. The molecule has 1 aliphatic carbocycles. The number of benzene rings is 4. The summed E-state index contributed by atoms with van der Waals surface area (Å²) in [5.41, 5.74) is 0. The van der Waals surface area contributed by atoms with Crippen LogP contribution in [0, 0.1) is 0 Å². The topological polar surface area (TPSA) is 18.5 Å². The van der Waals surface area contributed by atoms with Gasteiger partial charge in [0.25, 0.3) is 16.6 Å². The molecule has 1 saturated carbocycles. The van der Waals surface area contributed by atoms with Crippen LogP contribution in [0.25, 0.3) is 0 Å². The molecule has 0 aromatic heterocycles. The minimum absolute atomic E-state index is 0.0159. The highest BCUT2D eigenvalue weighted by molar-refractivity contribution is 7.00. The van der Waals surface area contributed by atoms with Gasteiger partial charge in [0.2, 0.25) is 0 Å². The second-order valence-corrected chi connectivity index (χ2v) is 22.5. The van der Waals surface area contributed by atoms with Crippen molar-refractivity contribution in [1.82, 2.24) is 0 Å². The van der Waals surface area contributed by atoms with Crippen LogP contribution in [-0.4, -0.2) is 28.8 Å². The van der Waals surface area contributed by atoms with Crippen LogP contribution in [0.5, 0.6) is 0 Å². The molecule has 0 spiro atoms. The van der Waals surface area contributed by atoms with Crippen molar-refractivity contribution in [2.75, 3.05) is 0 Å². The molecule has 0 amide bonds. The Labute approximate surface area is 256 Å². The van der Waals surface area contributed by atoms with Crippen molar-refractivity contribution in [1.29, 1.82) is 0 Å². The third-order valence-electron chi connectivity index (χ3n) is 9.14. The Kier molecular flexibility index (Phi) is 9.10. The van der Waals surface area contributed by atoms with Gasteiger partial charge >= 0.3 is 0 Å². The molecule has 0 heterocycles. The average Bonchev–Trinajstić information content (AvgIpc) is 3.00. The lowest BCUT2D eigenvalue weighted by Crippen LogP contribution is -2.68. The zero-order chi connectivity index (χ0) is 29.8. The number of hydrogen-bond acceptors (Lipinski definition) is 2. The Hall–Kier alpha value is -2.77. The van der Waals surface area contributed by atoms with E-state index in [0.717, 1.165) is 25.7 Å². The van der Waals surface area contributed by atoms with Crippen molar-refractivity contribution in [3.05, 3.63) is 121 Å². The van der Waals surface area contributed by atoms with Crippen molar-refractivity contribution in [3.63, 3.8) is 0 Å². The maximum absolute atomic E-state index is 7.53. The lowest BCUT2D eigenvalue weighted by molar-refractivity contribution is 0.0698. The summed E-state index contributed by atoms with van der Waals surface area (Å²) in [7, 11) is -5.15. The molecule has 5 rings (SSSR count). The molecule has 220 valence electrons. The van der Waals surface area contributed by atoms with E-state index >= 15 is 0 Å². The van der Waals surface area contributed by atoms with Crippen LogP contribution in [0.15, 0.2) is 121 Å². The first-order chi connectivity index (χ1) is 20.1. The minimum Gasteiger partial charge on any atom is -0.404 e. The number of rotatable bonds is 8. The van der Waals surface area contributed by atoms with Crippen LogP contribution in [0.3, 0.4) is 0 Å². The highest BCUT2D eigenvalue weighted by Gasteiger charge is 2.53. The summed E-state index contributed by atoms with van der Waals surface area (Å²) in [6, 6.07) is 44.2. The van der Waals surface area contributed by atoms with Crippen molar-refractivity contribution in [3.8, 4) is 0 Å². The molecule has 0 unspecified atom stereocenters. The molecule has 0 atom stereocenters. The third kappa shape index (κ3) is 5.87. The lowest BCUT2D eigenvalue weighted by Gasteiger charge is -2.48. The third-order valence-corrected chi connectivity index (χ3v) is 19.3. The molecule has 1 aliphatic rings. The van der Waals surface area contributed by atoms with Gasteiger partial charge < -0.3 is 8.85 Å². The zero-order valence-electron chi connectivity index (χ0n) is 26.3. The summed E-state index contributed by atoms with van der Waals surface area (Å²) >= 11 is 0. The SMILES string of the molecule is CC(C)(C)[Si](OC1CCC(O[Si](c2ccccc2)(c2ccccc2)C(C)(C)C)CC1)(c1ccccc1)c1ccccc1. The summed E-state index contributed by atoms with van der Waals surface area (Å²) in [5, 5.41) is 5.39. The quantitative estimate of drug-likeness (QED) is 0.198. The smallest absolute Gasteiger partial charge is 0.261 e. The summed E-state index contributed by atoms with van der Waals surface area (Å²) < 4.78 is 15.1. The second-order valence-electron chi connectivity index (χ2n) is 14.0. The maximum Gasteiger partial charge on any atom is 0.261 e. The summed E-state index contributed by atoms with van der Waals surface area (Å²) in [6.45, 7) is 14.2. The second kappa shape index (κ2) is 12.5. The van der Waals surface area contributed by atoms with Crippen molar-refractivity contribution in [2.45, 2.75) is 89.5 Å². The van der Waals surface area contributed by atoms with Gasteiger partial charge in [0.1, 0.15) is 0 Å². The van der Waals surface area contributed by atoms with E-state index in [4.69, 9.17) is 8.85 Å². The van der Waals surface area contributed by atoms with Crippen LogP contribution in [0.2, 0.25) is 10.1 Å². The van der Waals surface area contributed by atoms with E-state index in [1.807, 2.05) is 0 Å². The van der Waals surface area contributed by atoms with Crippen molar-refractivity contribution < 1.29 is 8.85 Å². The van der Waals surface area contributed by atoms with Gasteiger partial charge in [0.15, 0.2) is 0 Å². The van der Waals surface area contributed by atoms with E-state index in [1.54, 1.807) is 0 Å². The van der Waals surface area contributed by atoms with E-state index in [2.05, 4.69) is 163 Å². The van der Waals surface area contributed by atoms with Gasteiger partial charge in [-0.15, -0.1) is 0 Å². The van der Waals surface area contributed by atoms with Gasteiger partial charge in [-0.1, -0.05) is 163 Å². The molecule has 4 aromatic rings. The first-order valence-corrected chi connectivity index (χ1v) is 19.5. The van der Waals surface area contributed by atoms with Gasteiger partial charge in [0, 0.05) is 12.2 Å². The molecule has 2 nitrogen and oxygen atoms in total. The molecule has 4 heteroatoms. The molecule has 0 saturated heterocycles. The summed E-state index contributed by atoms with van der Waals surface area (Å²) in [4.78, 5) is 0. The fraction of sp³-hybridized carbons (Fsp3) is 0.368. The predicted molar refractivity (Wildman–Crippen MR) is 183 cm³/mol. The molecule has 1 fully saturated rings. The summed E-state index contributed by atoms with van der Waals surface area (Å²) in [6.07, 6.45) is 4.52. The van der Waals surface area contributed by atoms with Crippen LogP contribution < -0.4 is 20.7 Å². The van der Waals surface area contributed by atoms with Crippen LogP contribution in [0.1, 0.15) is 67.2 Å². The molecule has 4 aromatic carbocycles. The molecular formula is C38H48O2Si2. The maximum atomic E-state index is 7.53. The Morgan fingerprint density at radius 3 is 0.810 bits per heavy atom. The first kappa shape index (κ1) is 30.7. The molecule has 42 heavy (non-hydrogen) atoms. The van der Waals surface area contributed by atoms with Crippen molar-refractivity contribution >= 4 is 37.4 Å². The van der Waals surface area contributed by atoms with Gasteiger partial charge in [-0.05, 0) is 56.5 Å². The minimum atomic E-state index is -2.57. The van der Waals surface area contributed by atoms with E-state index < -0.39 is 16.6 Å². The molecule has 0 bridgehead atoms. The van der Waals surface area contributed by atoms with Crippen LogP contribution in [0.4, 0.5) is 0 Å². The molecule has 0 radical (unpaired) electrons. The van der Waals surface area contributed by atoms with E-state index in [9.17, 15) is 0 Å². The highest BCUT2D eigenvalue weighted by atomic mass is 28.4. The lowest BCUT2D eigenvalue weighted by atomic mass is 9.95. The van der Waals surface area contributed by atoms with Gasteiger partial charge in [-0.2, -0.15) is 0 Å². The van der Waals surface area contributed by atoms with E-state index in [1.165, 1.54) is 20.7 Å². The zero-order valence-corrected chi connectivity index (χ0v) is 28.3. The molecule has 0 N–H and O–H groups in total. The monoisotopic (exact) mass is 592 g/mol. The van der Waals surface area contributed by atoms with E-state index in [0.29, 0.717) is 0 Å². The molecular weight excluding hydrogens is 545 g/mol. The highest BCUT2D eigenvalue weighted by Crippen LogP contribution is 2.42. The fourth-order valence-corrected chi connectivity index (χ4v) is 16.7. The Morgan fingerprint density at radius 2 is 0.619 bits per heavy atom. The number of hydrogen-bond donors (Lipinski definition) is 0. The Balaban J connectivity index is 1.44. The normalized spacial score (nSPS) is 18.5. The van der Waals surface area contributed by atoms with Crippen LogP contribution in [-0.2, 0) is 8.85 Å². The predicted octanol–water partition coefficient (Wildman–Crippen LogP) is 7.45. The Morgan fingerprint density at radius 1 is 0.405 bits per heavy atom. The van der Waals surface area contributed by atoms with Crippen LogP contribution >= 0.6 is 0 Å². The van der Waals surface area contributed by atoms with Gasteiger partial charge in [-0.25, -0.2) is 0 Å².